The summed E-state index contributed by atoms with van der Waals surface area (Å²) in [5.41, 5.74) is 3.50. The van der Waals surface area contributed by atoms with E-state index in [1.165, 1.54) is 11.1 Å². The highest BCUT2D eigenvalue weighted by molar-refractivity contribution is 9.10. The Kier molecular flexibility index (Phi) is 3.72. The lowest BCUT2D eigenvalue weighted by Gasteiger charge is -2.08. The Morgan fingerprint density at radius 3 is 2.50 bits per heavy atom. The fraction of sp³-hybridized carbons (Fsp3) is 0.231. The fourth-order valence-electron chi connectivity index (χ4n) is 1.57. The molecule has 0 fully saturated rings. The Morgan fingerprint density at radius 1 is 1.25 bits per heavy atom. The third kappa shape index (κ3) is 2.69. The number of aryl methyl sites for hydroxylation is 1. The molecule has 0 saturated carbocycles. The van der Waals surface area contributed by atoms with Crippen LogP contribution >= 0.6 is 27.5 Å². The minimum atomic E-state index is -0.0594. The summed E-state index contributed by atoms with van der Waals surface area (Å²) in [7, 11) is 0. The molecule has 0 saturated heterocycles. The van der Waals surface area contributed by atoms with Crippen LogP contribution in [-0.4, -0.2) is 0 Å². The first kappa shape index (κ1) is 11.7. The van der Waals surface area contributed by atoms with Gasteiger partial charge in [-0.1, -0.05) is 29.8 Å². The van der Waals surface area contributed by atoms with Crippen LogP contribution in [0, 0.1) is 6.92 Å². The van der Waals surface area contributed by atoms with Gasteiger partial charge in [0, 0.05) is 5.56 Å². The molecule has 0 aliphatic carbocycles. The van der Waals surface area contributed by atoms with Crippen molar-refractivity contribution in [3.63, 3.8) is 0 Å². The topological polar surface area (TPSA) is 13.1 Å². The highest BCUT2D eigenvalue weighted by Gasteiger charge is 2.14. The first-order valence-electron chi connectivity index (χ1n) is 5.09. The van der Waals surface area contributed by atoms with E-state index in [1.807, 2.05) is 6.07 Å². The molecule has 0 spiro atoms. The van der Waals surface area contributed by atoms with E-state index in [2.05, 4.69) is 47.1 Å². The zero-order chi connectivity index (χ0) is 11.5. The smallest absolute Gasteiger partial charge is 0.173 e. The van der Waals surface area contributed by atoms with Crippen molar-refractivity contribution >= 4 is 27.5 Å². The molecular formula is C13H12BrClO. The average Bonchev–Trinajstić information content (AvgIpc) is 2.68. The van der Waals surface area contributed by atoms with E-state index in [0.717, 1.165) is 16.7 Å². The zero-order valence-corrected chi connectivity index (χ0v) is 11.3. The number of hydrogen-bond donors (Lipinski definition) is 0. The monoisotopic (exact) mass is 298 g/mol. The average molecular weight is 300 g/mol. The Bertz CT molecular complexity index is 461. The standard InChI is InChI=1S/C13H12BrClO/c1-9-2-4-10(5-3-9)8-12(15)11-6-7-16-13(11)14/h2-7,12H,8H2,1H3. The van der Waals surface area contributed by atoms with Crippen molar-refractivity contribution in [1.82, 2.24) is 0 Å². The summed E-state index contributed by atoms with van der Waals surface area (Å²) in [4.78, 5) is 0. The molecule has 1 atom stereocenters. The second kappa shape index (κ2) is 5.07. The number of alkyl halides is 1. The van der Waals surface area contributed by atoms with E-state index in [-0.39, 0.29) is 5.38 Å². The Hall–Kier alpha value is -0.730. The molecule has 0 aliphatic heterocycles. The normalized spacial score (nSPS) is 12.7. The lowest BCUT2D eigenvalue weighted by molar-refractivity contribution is 0.536. The molecule has 0 amide bonds. The molecular weight excluding hydrogens is 287 g/mol. The molecule has 0 bridgehead atoms. The number of rotatable bonds is 3. The van der Waals surface area contributed by atoms with E-state index in [9.17, 15) is 0 Å². The van der Waals surface area contributed by atoms with Crippen LogP contribution in [0.1, 0.15) is 22.1 Å². The summed E-state index contributed by atoms with van der Waals surface area (Å²) in [5, 5.41) is -0.0594. The fourth-order valence-corrected chi connectivity index (χ4v) is 2.57. The van der Waals surface area contributed by atoms with Gasteiger partial charge in [0.25, 0.3) is 0 Å². The van der Waals surface area contributed by atoms with E-state index >= 15 is 0 Å². The minimum Gasteiger partial charge on any atom is -0.457 e. The van der Waals surface area contributed by atoms with Crippen molar-refractivity contribution in [3.05, 3.63) is 58.0 Å². The van der Waals surface area contributed by atoms with Crippen molar-refractivity contribution in [2.24, 2.45) is 0 Å². The molecule has 3 heteroatoms. The maximum Gasteiger partial charge on any atom is 0.173 e. The number of furan rings is 1. The van der Waals surface area contributed by atoms with Gasteiger partial charge in [-0.3, -0.25) is 0 Å². The van der Waals surface area contributed by atoms with Crippen LogP contribution in [0.15, 0.2) is 45.7 Å². The van der Waals surface area contributed by atoms with Gasteiger partial charge in [-0.2, -0.15) is 0 Å². The van der Waals surface area contributed by atoms with Crippen molar-refractivity contribution < 1.29 is 4.42 Å². The molecule has 1 unspecified atom stereocenters. The highest BCUT2D eigenvalue weighted by atomic mass is 79.9. The predicted octanol–water partition coefficient (Wildman–Crippen LogP) is 4.87. The molecule has 0 aliphatic rings. The quantitative estimate of drug-likeness (QED) is 0.737. The number of hydrogen-bond acceptors (Lipinski definition) is 1. The summed E-state index contributed by atoms with van der Waals surface area (Å²) in [6, 6.07) is 10.3. The van der Waals surface area contributed by atoms with Crippen molar-refractivity contribution in [3.8, 4) is 0 Å². The van der Waals surface area contributed by atoms with Crippen LogP contribution < -0.4 is 0 Å². The maximum absolute atomic E-state index is 6.34. The van der Waals surface area contributed by atoms with Crippen LogP contribution in [0.5, 0.6) is 0 Å². The Labute approximate surface area is 109 Å². The Balaban J connectivity index is 2.10. The van der Waals surface area contributed by atoms with E-state index in [4.69, 9.17) is 16.0 Å². The minimum absolute atomic E-state index is 0.0594. The van der Waals surface area contributed by atoms with Crippen molar-refractivity contribution in [1.29, 1.82) is 0 Å². The first-order valence-corrected chi connectivity index (χ1v) is 6.32. The van der Waals surface area contributed by atoms with Gasteiger partial charge >= 0.3 is 0 Å². The molecule has 1 heterocycles. The third-order valence-corrected chi connectivity index (χ3v) is 3.55. The van der Waals surface area contributed by atoms with Crippen LogP contribution in [-0.2, 0) is 6.42 Å². The van der Waals surface area contributed by atoms with Gasteiger partial charge in [0.1, 0.15) is 0 Å². The van der Waals surface area contributed by atoms with E-state index in [1.54, 1.807) is 6.26 Å². The van der Waals surface area contributed by atoms with Crippen molar-refractivity contribution in [2.45, 2.75) is 18.7 Å². The van der Waals surface area contributed by atoms with Gasteiger partial charge in [-0.15, -0.1) is 11.6 Å². The van der Waals surface area contributed by atoms with Gasteiger partial charge in [-0.25, -0.2) is 0 Å². The summed E-state index contributed by atoms with van der Waals surface area (Å²) < 4.78 is 5.90. The SMILES string of the molecule is Cc1ccc(CC(Cl)c2ccoc2Br)cc1. The lowest BCUT2D eigenvalue weighted by Crippen LogP contribution is -1.95. The lowest BCUT2D eigenvalue weighted by atomic mass is 10.0. The Morgan fingerprint density at radius 2 is 1.94 bits per heavy atom. The number of benzene rings is 1. The molecule has 1 aromatic heterocycles. The first-order chi connectivity index (χ1) is 7.66. The van der Waals surface area contributed by atoms with Gasteiger partial charge in [0.2, 0.25) is 0 Å². The van der Waals surface area contributed by atoms with Crippen LogP contribution in [0.25, 0.3) is 0 Å². The largest absolute Gasteiger partial charge is 0.457 e. The summed E-state index contributed by atoms with van der Waals surface area (Å²) in [6.07, 6.45) is 2.45. The van der Waals surface area contributed by atoms with Crippen LogP contribution in [0.2, 0.25) is 0 Å². The van der Waals surface area contributed by atoms with Gasteiger partial charge in [0.15, 0.2) is 4.67 Å². The van der Waals surface area contributed by atoms with E-state index in [0.29, 0.717) is 0 Å². The third-order valence-electron chi connectivity index (χ3n) is 2.52. The van der Waals surface area contributed by atoms with Gasteiger partial charge in [0.05, 0.1) is 11.6 Å². The van der Waals surface area contributed by atoms with E-state index < -0.39 is 0 Å². The second-order valence-corrected chi connectivity index (χ2v) is 5.05. The molecule has 16 heavy (non-hydrogen) atoms. The van der Waals surface area contributed by atoms with Crippen molar-refractivity contribution in [2.75, 3.05) is 0 Å². The summed E-state index contributed by atoms with van der Waals surface area (Å²) in [6.45, 7) is 2.08. The molecule has 0 radical (unpaired) electrons. The summed E-state index contributed by atoms with van der Waals surface area (Å²) >= 11 is 9.68. The molecule has 1 aromatic carbocycles. The van der Waals surface area contributed by atoms with Crippen LogP contribution in [0.4, 0.5) is 0 Å². The highest BCUT2D eigenvalue weighted by Crippen LogP contribution is 2.31. The number of halogens is 2. The van der Waals surface area contributed by atoms with Crippen LogP contribution in [0.3, 0.4) is 0 Å². The van der Waals surface area contributed by atoms with Gasteiger partial charge in [-0.05, 0) is 40.9 Å². The molecule has 1 nitrogen and oxygen atoms in total. The molecule has 0 N–H and O–H groups in total. The molecule has 2 aromatic rings. The second-order valence-electron chi connectivity index (χ2n) is 3.81. The summed E-state index contributed by atoms with van der Waals surface area (Å²) in [5.74, 6) is 0. The van der Waals surface area contributed by atoms with Gasteiger partial charge < -0.3 is 4.42 Å². The molecule has 84 valence electrons. The molecule has 2 rings (SSSR count). The maximum atomic E-state index is 6.34. The zero-order valence-electron chi connectivity index (χ0n) is 8.91. The predicted molar refractivity (Wildman–Crippen MR) is 69.9 cm³/mol.